The van der Waals surface area contributed by atoms with Gasteiger partial charge < -0.3 is 16.0 Å². The number of amidine groups is 1. The summed E-state index contributed by atoms with van der Waals surface area (Å²) < 4.78 is 0. The Morgan fingerprint density at radius 2 is 1.96 bits per heavy atom. The Kier molecular flexibility index (Phi) is 4.46. The normalized spacial score (nSPS) is 16.1. The second kappa shape index (κ2) is 6.17. The lowest BCUT2D eigenvalue weighted by Crippen LogP contribution is -2.39. The van der Waals surface area contributed by atoms with E-state index in [4.69, 9.17) is 5.41 Å². The average molecular weight is 317 g/mol. The lowest BCUT2D eigenvalue weighted by atomic mass is 10.0. The highest BCUT2D eigenvalue weighted by Gasteiger charge is 2.33. The number of carbonyl (C=O) groups is 1. The molecule has 0 saturated heterocycles. The summed E-state index contributed by atoms with van der Waals surface area (Å²) in [5.41, 5.74) is 1.42. The molecule has 1 heterocycles. The maximum Gasteiger partial charge on any atom is 0.269 e. The number of nitrogens with zero attached hydrogens (tertiary/aromatic N) is 1. The molecule has 0 saturated carbocycles. The molecule has 2 rings (SSSR count). The minimum Gasteiger partial charge on any atom is -0.390 e. The predicted molar refractivity (Wildman–Crippen MR) is 86.5 cm³/mol. The summed E-state index contributed by atoms with van der Waals surface area (Å²) in [5, 5.41) is 27.6. The highest BCUT2D eigenvalue weighted by atomic mass is 16.6. The third-order valence-electron chi connectivity index (χ3n) is 3.76. The Hall–Kier alpha value is -2.74. The molecule has 0 atom stereocenters. The van der Waals surface area contributed by atoms with Crippen molar-refractivity contribution in [3.8, 4) is 0 Å². The summed E-state index contributed by atoms with van der Waals surface area (Å²) >= 11 is 0. The van der Waals surface area contributed by atoms with E-state index in [2.05, 4.69) is 16.0 Å². The molecule has 8 heteroatoms. The lowest BCUT2D eigenvalue weighted by Gasteiger charge is -2.23. The van der Waals surface area contributed by atoms with Crippen molar-refractivity contribution < 1.29 is 9.72 Å². The first-order chi connectivity index (χ1) is 10.8. The Bertz CT molecular complexity index is 692. The smallest absolute Gasteiger partial charge is 0.269 e. The molecule has 0 fully saturated rings. The largest absolute Gasteiger partial charge is 0.390 e. The minimum atomic E-state index is -0.528. The van der Waals surface area contributed by atoms with Crippen molar-refractivity contribution in [3.63, 3.8) is 0 Å². The van der Waals surface area contributed by atoms with Gasteiger partial charge in [-0.3, -0.25) is 20.3 Å². The van der Waals surface area contributed by atoms with Gasteiger partial charge in [-0.2, -0.15) is 0 Å². The van der Waals surface area contributed by atoms with Crippen LogP contribution in [0.2, 0.25) is 0 Å². The van der Waals surface area contributed by atoms with Gasteiger partial charge in [-0.25, -0.2) is 0 Å². The van der Waals surface area contributed by atoms with Gasteiger partial charge in [-0.1, -0.05) is 0 Å². The zero-order valence-corrected chi connectivity index (χ0v) is 13.2. The first-order valence-electron chi connectivity index (χ1n) is 7.07. The van der Waals surface area contributed by atoms with Crippen LogP contribution in [0, 0.1) is 15.5 Å². The quantitative estimate of drug-likeness (QED) is 0.287. The van der Waals surface area contributed by atoms with Crippen molar-refractivity contribution in [1.82, 2.24) is 16.0 Å². The van der Waals surface area contributed by atoms with Crippen molar-refractivity contribution >= 4 is 17.4 Å². The zero-order chi connectivity index (χ0) is 17.2. The van der Waals surface area contributed by atoms with E-state index in [0.29, 0.717) is 12.1 Å². The van der Waals surface area contributed by atoms with Crippen molar-refractivity contribution in [2.45, 2.75) is 19.4 Å². The molecule has 4 N–H and O–H groups in total. The van der Waals surface area contributed by atoms with Crippen molar-refractivity contribution in [2.75, 3.05) is 13.6 Å². The van der Waals surface area contributed by atoms with Gasteiger partial charge in [0.25, 0.3) is 11.6 Å². The highest BCUT2D eigenvalue weighted by Crippen LogP contribution is 2.23. The van der Waals surface area contributed by atoms with E-state index >= 15 is 0 Å². The van der Waals surface area contributed by atoms with Gasteiger partial charge in [0.05, 0.1) is 10.5 Å². The minimum absolute atomic E-state index is 0.00998. The molecule has 0 spiro atoms. The van der Waals surface area contributed by atoms with E-state index in [9.17, 15) is 14.9 Å². The first kappa shape index (κ1) is 16.6. The molecule has 0 bridgehead atoms. The van der Waals surface area contributed by atoms with Crippen LogP contribution in [0.15, 0.2) is 35.5 Å². The summed E-state index contributed by atoms with van der Waals surface area (Å²) in [6.45, 7) is 4.44. The number of carbonyl (C=O) groups excluding carboxylic acids is 1. The van der Waals surface area contributed by atoms with Crippen LogP contribution in [0.5, 0.6) is 0 Å². The number of nitro benzene ring substituents is 1. The van der Waals surface area contributed by atoms with Gasteiger partial charge in [0.1, 0.15) is 5.84 Å². The summed E-state index contributed by atoms with van der Waals surface area (Å²) in [4.78, 5) is 22.3. The fraction of sp³-hybridized carbons (Fsp3) is 0.333. The molecule has 0 radical (unpaired) electrons. The molecule has 1 aliphatic rings. The number of nitro groups is 1. The van der Waals surface area contributed by atoms with E-state index in [0.717, 1.165) is 5.70 Å². The van der Waals surface area contributed by atoms with E-state index in [1.54, 1.807) is 7.05 Å². The first-order valence-corrected chi connectivity index (χ1v) is 7.07. The number of nitrogens with one attached hydrogen (secondary N) is 4. The molecular formula is C15H19N5O3. The number of hydrogen-bond donors (Lipinski definition) is 4. The standard InChI is InChI=1S/C15H19N5O3/c1-15(2)12(17-3)11(8-18-15)13(16)19-14(21)9-4-6-10(7-5-9)20(22)23/h4-7,17-18H,8H2,1-3H3,(H2,16,19,21). The monoisotopic (exact) mass is 317 g/mol. The van der Waals surface area contributed by atoms with Crippen LogP contribution in [0.4, 0.5) is 5.69 Å². The fourth-order valence-corrected chi connectivity index (χ4v) is 2.54. The summed E-state index contributed by atoms with van der Waals surface area (Å²) in [6.07, 6.45) is 0. The van der Waals surface area contributed by atoms with Crippen molar-refractivity contribution in [3.05, 3.63) is 51.2 Å². The molecule has 1 aliphatic heterocycles. The van der Waals surface area contributed by atoms with Gasteiger partial charge in [0, 0.05) is 42.6 Å². The van der Waals surface area contributed by atoms with Crippen molar-refractivity contribution in [1.29, 1.82) is 5.41 Å². The number of amides is 1. The molecule has 23 heavy (non-hydrogen) atoms. The van der Waals surface area contributed by atoms with Crippen LogP contribution in [-0.4, -0.2) is 35.8 Å². The third kappa shape index (κ3) is 3.37. The van der Waals surface area contributed by atoms with Gasteiger partial charge in [-0.15, -0.1) is 0 Å². The van der Waals surface area contributed by atoms with Crippen LogP contribution in [0.1, 0.15) is 24.2 Å². The predicted octanol–water partition coefficient (Wildman–Crippen LogP) is 1.16. The summed E-state index contributed by atoms with van der Waals surface area (Å²) in [6, 6.07) is 5.25. The number of non-ortho nitro benzene ring substituents is 1. The molecule has 0 aromatic heterocycles. The van der Waals surface area contributed by atoms with Crippen LogP contribution >= 0.6 is 0 Å². The molecule has 1 aromatic rings. The van der Waals surface area contributed by atoms with Crippen LogP contribution in [0.3, 0.4) is 0 Å². The molecule has 0 aliphatic carbocycles. The second-order valence-corrected chi connectivity index (χ2v) is 5.72. The van der Waals surface area contributed by atoms with Crippen LogP contribution < -0.4 is 16.0 Å². The number of benzene rings is 1. The number of rotatable bonds is 4. The Labute approximate surface area is 133 Å². The molecule has 0 unspecified atom stereocenters. The van der Waals surface area contributed by atoms with Gasteiger partial charge in [0.15, 0.2) is 0 Å². The molecular weight excluding hydrogens is 298 g/mol. The maximum absolute atomic E-state index is 12.2. The topological polar surface area (TPSA) is 120 Å². The van der Waals surface area contributed by atoms with E-state index in [1.165, 1.54) is 24.3 Å². The van der Waals surface area contributed by atoms with Gasteiger partial charge in [-0.05, 0) is 26.0 Å². The Morgan fingerprint density at radius 1 is 1.35 bits per heavy atom. The SMILES string of the molecule is CNC1=C(C(=N)NC(=O)c2ccc([N+](=O)[O-])cc2)CNC1(C)C. The fourth-order valence-electron chi connectivity index (χ4n) is 2.54. The van der Waals surface area contributed by atoms with E-state index in [1.807, 2.05) is 13.8 Å². The van der Waals surface area contributed by atoms with Gasteiger partial charge >= 0.3 is 0 Å². The Morgan fingerprint density at radius 3 is 2.48 bits per heavy atom. The lowest BCUT2D eigenvalue weighted by molar-refractivity contribution is -0.384. The molecule has 1 aromatic carbocycles. The van der Waals surface area contributed by atoms with Gasteiger partial charge in [0.2, 0.25) is 0 Å². The molecule has 122 valence electrons. The summed E-state index contributed by atoms with van der Waals surface area (Å²) in [5.74, 6) is -0.465. The van der Waals surface area contributed by atoms with E-state index in [-0.39, 0.29) is 22.6 Å². The second-order valence-electron chi connectivity index (χ2n) is 5.72. The Balaban J connectivity index is 2.14. The molecule has 1 amide bonds. The average Bonchev–Trinajstić information content (AvgIpc) is 2.81. The van der Waals surface area contributed by atoms with Crippen molar-refractivity contribution in [2.24, 2.45) is 0 Å². The maximum atomic E-state index is 12.2. The highest BCUT2D eigenvalue weighted by molar-refractivity contribution is 6.12. The van der Waals surface area contributed by atoms with E-state index < -0.39 is 10.8 Å². The molecule has 8 nitrogen and oxygen atoms in total. The number of likely N-dealkylation sites (N-methyl/N-ethyl adjacent to an activating group) is 1. The van der Waals surface area contributed by atoms with Crippen LogP contribution in [-0.2, 0) is 0 Å². The summed E-state index contributed by atoms with van der Waals surface area (Å²) in [7, 11) is 1.77. The third-order valence-corrected chi connectivity index (χ3v) is 3.76. The van der Waals surface area contributed by atoms with Crippen LogP contribution in [0.25, 0.3) is 0 Å². The number of hydrogen-bond acceptors (Lipinski definition) is 6. The zero-order valence-electron chi connectivity index (χ0n) is 13.2.